The molecule has 17 heteroatoms. The molecule has 0 amide bonds. The Morgan fingerprint density at radius 3 is 1.86 bits per heavy atom. The number of cyclic esters (lactones) is 1. The number of carboxylic acid groups (broad SMARTS) is 1. The third-order valence-electron chi connectivity index (χ3n) is 12.0. The Labute approximate surface area is 376 Å². The van der Waals surface area contributed by atoms with Crippen molar-refractivity contribution in [2.24, 2.45) is 23.5 Å². The summed E-state index contributed by atoms with van der Waals surface area (Å²) < 4.78 is 23.3. The van der Waals surface area contributed by atoms with Gasteiger partial charge in [-0.25, -0.2) is 0 Å². The summed E-state index contributed by atoms with van der Waals surface area (Å²) in [5, 5.41) is 107. The molecule has 18 atom stereocenters. The van der Waals surface area contributed by atoms with E-state index in [0.29, 0.717) is 0 Å². The maximum atomic E-state index is 12.6. The summed E-state index contributed by atoms with van der Waals surface area (Å²) in [4.78, 5) is 25.1. The summed E-state index contributed by atoms with van der Waals surface area (Å²) in [5.74, 6) is -6.33. The molecule has 2 bridgehead atoms. The van der Waals surface area contributed by atoms with Crippen LogP contribution in [0.3, 0.4) is 0 Å². The van der Waals surface area contributed by atoms with Gasteiger partial charge in [0.1, 0.15) is 18.1 Å². The van der Waals surface area contributed by atoms with Crippen molar-refractivity contribution >= 4 is 11.9 Å². The van der Waals surface area contributed by atoms with Gasteiger partial charge in [0.2, 0.25) is 0 Å². The molecule has 0 aromatic carbocycles. The average Bonchev–Trinajstić information content (AvgIpc) is 3.22. The Kier molecular flexibility index (Phi) is 23.4. The second-order valence-electron chi connectivity index (χ2n) is 17.4. The summed E-state index contributed by atoms with van der Waals surface area (Å²) in [7, 11) is 0. The van der Waals surface area contributed by atoms with Crippen LogP contribution in [-0.4, -0.2) is 154 Å². The molecule has 0 aromatic rings. The van der Waals surface area contributed by atoms with Gasteiger partial charge in [-0.3, -0.25) is 9.59 Å². The molecule has 2 saturated heterocycles. The number of aliphatic hydroxyl groups excluding tert-OH is 8. The topological polar surface area (TPSA) is 299 Å². The number of rotatable bonds is 3. The van der Waals surface area contributed by atoms with Gasteiger partial charge in [-0.15, -0.1) is 0 Å². The molecule has 3 aliphatic rings. The molecule has 2 fully saturated rings. The van der Waals surface area contributed by atoms with E-state index >= 15 is 0 Å². The quantitative estimate of drug-likeness (QED) is 0.180. The van der Waals surface area contributed by atoms with Crippen LogP contribution in [0.2, 0.25) is 0 Å². The van der Waals surface area contributed by atoms with Crippen molar-refractivity contribution in [2.75, 3.05) is 0 Å². The fourth-order valence-corrected chi connectivity index (χ4v) is 7.89. The lowest BCUT2D eigenvalue weighted by molar-refractivity contribution is -0.304. The molecular weight excluding hydrogens is 835 g/mol. The monoisotopic (exact) mass is 907 g/mol. The molecule has 3 heterocycles. The van der Waals surface area contributed by atoms with Crippen molar-refractivity contribution in [3.8, 4) is 0 Å². The van der Waals surface area contributed by atoms with Crippen molar-refractivity contribution in [2.45, 2.75) is 177 Å². The number of allylic oxidation sites excluding steroid dienone is 12. The zero-order valence-electron chi connectivity index (χ0n) is 37.3. The number of aliphatic carboxylic acids is 1. The second kappa shape index (κ2) is 27.3. The summed E-state index contributed by atoms with van der Waals surface area (Å²) in [6.45, 7) is 6.81. The van der Waals surface area contributed by atoms with Crippen molar-refractivity contribution < 1.29 is 79.6 Å². The molecule has 0 aromatic heterocycles. The van der Waals surface area contributed by atoms with Gasteiger partial charge in [0.25, 0.3) is 0 Å². The summed E-state index contributed by atoms with van der Waals surface area (Å²) >= 11 is 0. The van der Waals surface area contributed by atoms with Crippen molar-refractivity contribution in [3.05, 3.63) is 85.1 Å². The van der Waals surface area contributed by atoms with Gasteiger partial charge >= 0.3 is 11.9 Å². The van der Waals surface area contributed by atoms with Crippen LogP contribution in [0.4, 0.5) is 0 Å². The number of fused-ring (bicyclic) bond motifs is 2. The lowest BCUT2D eigenvalue weighted by Gasteiger charge is -2.45. The molecule has 3 rings (SSSR count). The average molecular weight is 908 g/mol. The van der Waals surface area contributed by atoms with E-state index in [2.05, 4.69) is 0 Å². The summed E-state index contributed by atoms with van der Waals surface area (Å²) in [6, 6.07) is -1.12. The number of ether oxygens (including phenoxy) is 4. The Hall–Kier alpha value is -3.40. The minimum Gasteiger partial charge on any atom is -0.481 e. The van der Waals surface area contributed by atoms with Gasteiger partial charge in [-0.2, -0.15) is 0 Å². The number of carbonyl (C=O) groups excluding carboxylic acids is 1. The number of aliphatic hydroxyl groups is 9. The van der Waals surface area contributed by atoms with Gasteiger partial charge in [0, 0.05) is 31.1 Å². The highest BCUT2D eigenvalue weighted by molar-refractivity contribution is 5.71. The van der Waals surface area contributed by atoms with Crippen molar-refractivity contribution in [1.82, 2.24) is 0 Å². The maximum Gasteiger partial charge on any atom is 0.311 e. The van der Waals surface area contributed by atoms with E-state index in [-0.39, 0.29) is 50.9 Å². The first kappa shape index (κ1) is 54.9. The Balaban J connectivity index is 1.83. The molecule has 0 saturated carbocycles. The van der Waals surface area contributed by atoms with Gasteiger partial charge in [0.05, 0.1) is 73.5 Å². The van der Waals surface area contributed by atoms with Crippen molar-refractivity contribution in [1.29, 1.82) is 0 Å². The minimum atomic E-state index is -2.05. The van der Waals surface area contributed by atoms with Gasteiger partial charge < -0.3 is 75.7 Å². The first-order valence-corrected chi connectivity index (χ1v) is 22.2. The van der Waals surface area contributed by atoms with Crippen molar-refractivity contribution in [3.63, 3.8) is 0 Å². The third kappa shape index (κ3) is 18.1. The van der Waals surface area contributed by atoms with E-state index in [1.165, 1.54) is 0 Å². The molecule has 12 N–H and O–H groups in total. The van der Waals surface area contributed by atoms with Crippen LogP contribution in [0, 0.1) is 17.8 Å². The second-order valence-corrected chi connectivity index (χ2v) is 17.4. The highest BCUT2D eigenvalue weighted by Gasteiger charge is 2.50. The van der Waals surface area contributed by atoms with E-state index in [1.807, 2.05) is 37.3 Å². The molecule has 0 spiro atoms. The fraction of sp³-hybridized carbons (Fsp3) is 0.660. The first-order chi connectivity index (χ1) is 30.2. The minimum absolute atomic E-state index is 0.0199. The first-order valence-electron chi connectivity index (χ1n) is 22.2. The van der Waals surface area contributed by atoms with E-state index in [9.17, 15) is 60.7 Å². The molecule has 362 valence electrons. The molecule has 17 nitrogen and oxygen atoms in total. The maximum absolute atomic E-state index is 12.6. The third-order valence-corrected chi connectivity index (χ3v) is 12.0. The van der Waals surface area contributed by atoms with Crippen LogP contribution >= 0.6 is 0 Å². The van der Waals surface area contributed by atoms with E-state index in [4.69, 9.17) is 24.7 Å². The van der Waals surface area contributed by atoms with Crippen LogP contribution < -0.4 is 5.73 Å². The zero-order valence-corrected chi connectivity index (χ0v) is 37.3. The Bertz CT molecular complexity index is 1630. The Morgan fingerprint density at radius 2 is 1.27 bits per heavy atom. The number of carbonyl (C=O) groups is 2. The smallest absolute Gasteiger partial charge is 0.311 e. The molecule has 13 unspecified atom stereocenters. The summed E-state index contributed by atoms with van der Waals surface area (Å²) in [5.41, 5.74) is 6.03. The van der Waals surface area contributed by atoms with Crippen LogP contribution in [0.1, 0.15) is 85.5 Å². The molecule has 64 heavy (non-hydrogen) atoms. The number of hydrogen-bond acceptors (Lipinski definition) is 16. The predicted molar refractivity (Wildman–Crippen MR) is 236 cm³/mol. The van der Waals surface area contributed by atoms with Crippen LogP contribution in [0.25, 0.3) is 0 Å². The van der Waals surface area contributed by atoms with E-state index in [0.717, 1.165) is 0 Å². The van der Waals surface area contributed by atoms with Gasteiger partial charge in [-0.05, 0) is 46.0 Å². The number of esters is 1. The summed E-state index contributed by atoms with van der Waals surface area (Å²) in [6.07, 6.45) is 7.89. The number of carboxylic acids is 1. The number of hydrogen-bond donors (Lipinski definition) is 11. The zero-order chi connectivity index (χ0) is 47.6. The molecule has 3 aliphatic heterocycles. The van der Waals surface area contributed by atoms with Crippen LogP contribution in [0.5, 0.6) is 0 Å². The van der Waals surface area contributed by atoms with Gasteiger partial charge in [-0.1, -0.05) is 98.9 Å². The molecule has 0 aliphatic carbocycles. The predicted octanol–water partition coefficient (Wildman–Crippen LogP) is 1.74. The highest BCUT2D eigenvalue weighted by Crippen LogP contribution is 2.38. The fourth-order valence-electron chi connectivity index (χ4n) is 7.89. The van der Waals surface area contributed by atoms with E-state index < -0.39 is 128 Å². The highest BCUT2D eigenvalue weighted by atomic mass is 16.7. The normalized spacial score (nSPS) is 44.8. The lowest BCUT2D eigenvalue weighted by Crippen LogP contribution is -2.61. The standard InChI is InChI=1S/C47H73NO16/c1-28-18-15-13-11-9-7-5-6-8-10-12-14-16-19-34(63-46-44(57)41(48)43(56)31(4)62-46)26-38-40(45(58)59)37(53)27-47(60,64-38)23-17-20-35(51)36(52)22-21-32(49)24-33(50)25-39(54)61-30(3)29(2)42(28)55/h5-16,18-19,28-38,40-44,46,49-53,55-57,60H,17,20-27,48H2,1-4H3,(H,58,59)/b6-5+,9-7+,10-8+,13-11+,14-12+,18-15+,19-16+/t28-,29-,30-,31?,32?,33?,34?,35?,36?,37-,38-,40?,41?,42?,43?,44?,46?,47?/m0/s1. The number of nitrogens with two attached hydrogens (primary N) is 1. The van der Waals surface area contributed by atoms with Crippen LogP contribution in [0.15, 0.2) is 85.1 Å². The SMILES string of the molecule is CC1OC(OC2/C=C/C=C/C=C/C=C/C=C/C=C/C=C/[C@H](C)C(O)[C@@H](C)[C@H](C)OC(=O)CC(O)CC(O)CCC(O)C(O)CCCC3(O)C[C@H](O)C(C(=O)O)[C@H](C2)O3)C(O)C(N)C1O. The van der Waals surface area contributed by atoms with E-state index in [1.54, 1.807) is 75.5 Å². The largest absolute Gasteiger partial charge is 0.481 e. The molecular formula is C47H73NO16. The van der Waals surface area contributed by atoms with Gasteiger partial charge in [0.15, 0.2) is 12.1 Å². The lowest BCUT2D eigenvalue weighted by atomic mass is 9.83. The Morgan fingerprint density at radius 1 is 0.703 bits per heavy atom. The molecule has 0 radical (unpaired) electrons. The van der Waals surface area contributed by atoms with Crippen LogP contribution in [-0.2, 0) is 28.5 Å².